The minimum Gasteiger partial charge on any atom is -0.326 e. The molecule has 0 radical (unpaired) electrons. The van der Waals surface area contributed by atoms with Crippen LogP contribution in [-0.4, -0.2) is 31.8 Å². The first-order chi connectivity index (χ1) is 14.0. The van der Waals surface area contributed by atoms with Gasteiger partial charge in [0.15, 0.2) is 0 Å². The van der Waals surface area contributed by atoms with Crippen molar-refractivity contribution in [2.45, 2.75) is 19.4 Å². The minimum absolute atomic E-state index is 0.00967. The molecule has 6 nitrogen and oxygen atoms in total. The van der Waals surface area contributed by atoms with E-state index in [4.69, 9.17) is 4.98 Å². The molecule has 148 valence electrons. The normalized spacial score (nSPS) is 16.7. The molecule has 6 heteroatoms. The van der Waals surface area contributed by atoms with E-state index in [1.165, 1.54) is 5.56 Å². The molecular formula is C23H25N5O. The van der Waals surface area contributed by atoms with Gasteiger partial charge in [0.25, 0.3) is 0 Å². The summed E-state index contributed by atoms with van der Waals surface area (Å²) < 4.78 is 5.71. The Kier molecular flexibility index (Phi) is 4.17. The molecule has 1 atom stereocenters. The Hall–Kier alpha value is -3.12. The third kappa shape index (κ3) is 2.83. The monoisotopic (exact) mass is 387 g/mol. The molecule has 1 aliphatic rings. The lowest BCUT2D eigenvalue weighted by molar-refractivity contribution is 0.551. The number of rotatable bonds is 3. The van der Waals surface area contributed by atoms with Gasteiger partial charge in [0.2, 0.25) is 0 Å². The summed E-state index contributed by atoms with van der Waals surface area (Å²) in [5.41, 5.74) is 7.38. The van der Waals surface area contributed by atoms with Crippen LogP contribution in [0.3, 0.4) is 0 Å². The maximum Gasteiger partial charge on any atom is 0.328 e. The lowest BCUT2D eigenvalue weighted by Gasteiger charge is -2.16. The van der Waals surface area contributed by atoms with Crippen LogP contribution in [0, 0.1) is 6.92 Å². The molecule has 2 aromatic heterocycles. The summed E-state index contributed by atoms with van der Waals surface area (Å²) in [6.07, 6.45) is 3.06. The SMILES string of the molecule is Cc1cccc(-c2ncn([C@@H]3CCNC3)c2-c2ccc3c(c2)n(C)c(=O)n3C)c1. The number of nitrogens with one attached hydrogen (secondary N) is 1. The zero-order valence-corrected chi connectivity index (χ0v) is 17.0. The first kappa shape index (κ1) is 17.9. The van der Waals surface area contributed by atoms with Crippen molar-refractivity contribution in [3.05, 3.63) is 64.8 Å². The predicted octanol–water partition coefficient (Wildman–Crippen LogP) is 3.25. The van der Waals surface area contributed by atoms with Crippen LogP contribution in [0.15, 0.2) is 53.6 Å². The van der Waals surface area contributed by atoms with E-state index in [0.29, 0.717) is 6.04 Å². The van der Waals surface area contributed by atoms with E-state index >= 15 is 0 Å². The van der Waals surface area contributed by atoms with Crippen LogP contribution in [0.4, 0.5) is 0 Å². The van der Waals surface area contributed by atoms with Crippen molar-refractivity contribution in [2.24, 2.45) is 14.1 Å². The zero-order valence-electron chi connectivity index (χ0n) is 17.0. The molecular weight excluding hydrogens is 362 g/mol. The fourth-order valence-electron chi connectivity index (χ4n) is 4.46. The molecule has 2 aromatic carbocycles. The van der Waals surface area contributed by atoms with Crippen molar-refractivity contribution >= 4 is 11.0 Å². The third-order valence-corrected chi connectivity index (χ3v) is 6.06. The lowest BCUT2D eigenvalue weighted by Crippen LogP contribution is -2.19. The maximum atomic E-state index is 12.4. The second-order valence-corrected chi connectivity index (χ2v) is 7.97. The van der Waals surface area contributed by atoms with Crippen LogP contribution in [0.25, 0.3) is 33.5 Å². The van der Waals surface area contributed by atoms with Crippen LogP contribution in [-0.2, 0) is 14.1 Å². The molecule has 1 fully saturated rings. The highest BCUT2D eigenvalue weighted by Crippen LogP contribution is 2.36. The molecule has 5 rings (SSSR count). The second kappa shape index (κ2) is 6.74. The average Bonchev–Trinajstić information content (AvgIpc) is 3.44. The minimum atomic E-state index is -0.00967. The van der Waals surface area contributed by atoms with Crippen molar-refractivity contribution in [2.75, 3.05) is 13.1 Å². The molecule has 1 aliphatic heterocycles. The zero-order chi connectivity index (χ0) is 20.1. The van der Waals surface area contributed by atoms with Crippen LogP contribution < -0.4 is 11.0 Å². The van der Waals surface area contributed by atoms with E-state index < -0.39 is 0 Å². The highest BCUT2D eigenvalue weighted by atomic mass is 16.1. The fraction of sp³-hybridized carbons (Fsp3) is 0.304. The molecule has 0 amide bonds. The first-order valence-electron chi connectivity index (χ1n) is 10.0. The van der Waals surface area contributed by atoms with E-state index in [1.807, 2.05) is 26.5 Å². The van der Waals surface area contributed by atoms with Gasteiger partial charge in [-0.15, -0.1) is 0 Å². The number of aromatic nitrogens is 4. The van der Waals surface area contributed by atoms with E-state index in [-0.39, 0.29) is 5.69 Å². The number of aryl methyl sites for hydroxylation is 3. The number of fused-ring (bicyclic) bond motifs is 1. The molecule has 1 N–H and O–H groups in total. The molecule has 1 saturated heterocycles. The standard InChI is InChI=1S/C23H25N5O/c1-15-5-4-6-16(11-15)21-22(28(14-25-21)18-9-10-24-13-18)17-7-8-19-20(12-17)27(3)23(29)26(19)2/h4-8,11-12,14,18,24H,9-10,13H2,1-3H3/t18-/m1/s1. The Bertz CT molecular complexity index is 1270. The van der Waals surface area contributed by atoms with E-state index in [2.05, 4.69) is 53.2 Å². The molecule has 29 heavy (non-hydrogen) atoms. The largest absolute Gasteiger partial charge is 0.328 e. The summed E-state index contributed by atoms with van der Waals surface area (Å²) >= 11 is 0. The van der Waals surface area contributed by atoms with Gasteiger partial charge >= 0.3 is 5.69 Å². The number of imidazole rings is 2. The van der Waals surface area contributed by atoms with Gasteiger partial charge in [-0.2, -0.15) is 0 Å². The van der Waals surface area contributed by atoms with Crippen molar-refractivity contribution in [3.8, 4) is 22.5 Å². The molecule has 0 bridgehead atoms. The van der Waals surface area contributed by atoms with Gasteiger partial charge in [-0.1, -0.05) is 29.8 Å². The summed E-state index contributed by atoms with van der Waals surface area (Å²) in [5, 5.41) is 3.46. The summed E-state index contributed by atoms with van der Waals surface area (Å²) in [4.78, 5) is 17.2. The van der Waals surface area contributed by atoms with Crippen molar-refractivity contribution < 1.29 is 0 Å². The number of hydrogen-bond acceptors (Lipinski definition) is 3. The van der Waals surface area contributed by atoms with Gasteiger partial charge in [0.05, 0.1) is 28.7 Å². The van der Waals surface area contributed by atoms with Gasteiger partial charge in [-0.3, -0.25) is 9.13 Å². The number of nitrogens with zero attached hydrogens (tertiary/aromatic N) is 4. The highest BCUT2D eigenvalue weighted by Gasteiger charge is 2.24. The van der Waals surface area contributed by atoms with Crippen LogP contribution in [0.5, 0.6) is 0 Å². The second-order valence-electron chi connectivity index (χ2n) is 7.97. The average molecular weight is 387 g/mol. The van der Waals surface area contributed by atoms with Crippen LogP contribution in [0.2, 0.25) is 0 Å². The molecule has 0 aliphatic carbocycles. The maximum absolute atomic E-state index is 12.4. The van der Waals surface area contributed by atoms with Gasteiger partial charge in [-0.25, -0.2) is 9.78 Å². The summed E-state index contributed by atoms with van der Waals surface area (Å²) in [5.74, 6) is 0. The number of benzene rings is 2. The third-order valence-electron chi connectivity index (χ3n) is 6.06. The van der Waals surface area contributed by atoms with E-state index in [0.717, 1.165) is 53.1 Å². The predicted molar refractivity (Wildman–Crippen MR) is 116 cm³/mol. The molecule has 4 aromatic rings. The Morgan fingerprint density at radius 2 is 1.86 bits per heavy atom. The van der Waals surface area contributed by atoms with Crippen molar-refractivity contribution in [1.82, 2.24) is 24.0 Å². The van der Waals surface area contributed by atoms with Gasteiger partial charge in [0.1, 0.15) is 0 Å². The fourth-order valence-corrected chi connectivity index (χ4v) is 4.46. The van der Waals surface area contributed by atoms with Crippen molar-refractivity contribution in [3.63, 3.8) is 0 Å². The molecule has 0 saturated carbocycles. The highest BCUT2D eigenvalue weighted by molar-refractivity contribution is 5.86. The molecule has 0 spiro atoms. The Morgan fingerprint density at radius 3 is 2.62 bits per heavy atom. The Labute approximate surface area is 169 Å². The topological polar surface area (TPSA) is 56.8 Å². The van der Waals surface area contributed by atoms with Gasteiger partial charge in [-0.05, 0) is 38.1 Å². The van der Waals surface area contributed by atoms with Crippen LogP contribution >= 0.6 is 0 Å². The van der Waals surface area contributed by atoms with Crippen LogP contribution in [0.1, 0.15) is 18.0 Å². The summed E-state index contributed by atoms with van der Waals surface area (Å²) in [7, 11) is 3.64. The Balaban J connectivity index is 1.76. The van der Waals surface area contributed by atoms with E-state index in [9.17, 15) is 4.79 Å². The smallest absolute Gasteiger partial charge is 0.326 e. The summed E-state index contributed by atoms with van der Waals surface area (Å²) in [6.45, 7) is 4.07. The molecule has 3 heterocycles. The molecule has 0 unspecified atom stereocenters. The Morgan fingerprint density at radius 1 is 1.03 bits per heavy atom. The summed E-state index contributed by atoms with van der Waals surface area (Å²) in [6, 6.07) is 15.1. The lowest BCUT2D eigenvalue weighted by atomic mass is 10.0. The van der Waals surface area contributed by atoms with Gasteiger partial charge < -0.3 is 9.88 Å². The van der Waals surface area contributed by atoms with Crippen molar-refractivity contribution in [1.29, 1.82) is 0 Å². The quantitative estimate of drug-likeness (QED) is 0.587. The van der Waals surface area contributed by atoms with E-state index in [1.54, 1.807) is 9.13 Å². The first-order valence-corrected chi connectivity index (χ1v) is 10.0. The van der Waals surface area contributed by atoms with Gasteiger partial charge in [0, 0.05) is 37.8 Å². The number of hydrogen-bond donors (Lipinski definition) is 1.